The molecule has 0 bridgehead atoms. The molecular weight excluding hydrogens is 262 g/mol. The van der Waals surface area contributed by atoms with Gasteiger partial charge < -0.3 is 0 Å². The fourth-order valence-electron chi connectivity index (χ4n) is 2.22. The third kappa shape index (κ3) is 1.76. The van der Waals surface area contributed by atoms with Gasteiger partial charge in [-0.3, -0.25) is 9.38 Å². The monoisotopic (exact) mass is 274 g/mol. The SMILES string of the molecule is CCc1c(F)cn2c(-c3cccnc3C)nnc2c1F. The first-order chi connectivity index (χ1) is 9.63. The largest absolute Gasteiger partial charge is 0.277 e. The molecule has 0 aliphatic heterocycles. The summed E-state index contributed by atoms with van der Waals surface area (Å²) in [6, 6.07) is 3.54. The zero-order valence-electron chi connectivity index (χ0n) is 11.1. The summed E-state index contributed by atoms with van der Waals surface area (Å²) in [6.45, 7) is 3.50. The number of pyridine rings is 2. The number of rotatable bonds is 2. The maximum absolute atomic E-state index is 14.2. The molecule has 0 unspecified atom stereocenters. The number of halogens is 2. The first kappa shape index (κ1) is 12.7. The van der Waals surface area contributed by atoms with Crippen molar-refractivity contribution >= 4 is 5.65 Å². The molecule has 102 valence electrons. The number of fused-ring (bicyclic) bond motifs is 1. The van der Waals surface area contributed by atoms with Gasteiger partial charge in [-0.25, -0.2) is 8.78 Å². The van der Waals surface area contributed by atoms with Crippen molar-refractivity contribution in [2.75, 3.05) is 0 Å². The lowest BCUT2D eigenvalue weighted by atomic mass is 10.1. The Labute approximate surface area is 114 Å². The fraction of sp³-hybridized carbons (Fsp3) is 0.214. The molecular formula is C14H12F2N4. The maximum atomic E-state index is 14.2. The van der Waals surface area contributed by atoms with E-state index in [1.54, 1.807) is 25.3 Å². The second-order valence-corrected chi connectivity index (χ2v) is 4.48. The molecule has 3 aromatic rings. The van der Waals surface area contributed by atoms with Gasteiger partial charge in [0.1, 0.15) is 5.82 Å². The van der Waals surface area contributed by atoms with Crippen LogP contribution in [0, 0.1) is 18.6 Å². The summed E-state index contributed by atoms with van der Waals surface area (Å²) in [4.78, 5) is 4.15. The Morgan fingerprint density at radius 3 is 2.75 bits per heavy atom. The van der Waals surface area contributed by atoms with Crippen LogP contribution in [0.15, 0.2) is 24.5 Å². The topological polar surface area (TPSA) is 43.1 Å². The number of nitrogens with zero attached hydrogens (tertiary/aromatic N) is 4. The van der Waals surface area contributed by atoms with Crippen molar-refractivity contribution in [2.45, 2.75) is 20.3 Å². The van der Waals surface area contributed by atoms with E-state index in [0.29, 0.717) is 11.4 Å². The van der Waals surface area contributed by atoms with Gasteiger partial charge in [0.25, 0.3) is 0 Å². The number of aryl methyl sites for hydroxylation is 1. The Morgan fingerprint density at radius 1 is 1.25 bits per heavy atom. The molecule has 0 saturated heterocycles. The Bertz CT molecular complexity index is 795. The first-order valence-corrected chi connectivity index (χ1v) is 6.27. The predicted octanol–water partition coefficient (Wildman–Crippen LogP) is 2.94. The van der Waals surface area contributed by atoms with Gasteiger partial charge in [0.2, 0.25) is 0 Å². The molecule has 0 amide bonds. The Morgan fingerprint density at radius 2 is 2.05 bits per heavy atom. The average Bonchev–Trinajstić information content (AvgIpc) is 2.83. The van der Waals surface area contributed by atoms with Gasteiger partial charge in [-0.05, 0) is 25.5 Å². The van der Waals surface area contributed by atoms with E-state index in [1.165, 1.54) is 10.6 Å². The minimum atomic E-state index is -0.659. The number of hydrogen-bond acceptors (Lipinski definition) is 3. The van der Waals surface area contributed by atoms with Crippen molar-refractivity contribution in [1.82, 2.24) is 19.6 Å². The van der Waals surface area contributed by atoms with Crippen LogP contribution < -0.4 is 0 Å². The van der Waals surface area contributed by atoms with Crippen LogP contribution in [0.1, 0.15) is 18.2 Å². The molecule has 0 saturated carbocycles. The van der Waals surface area contributed by atoms with Crippen LogP contribution in [0.5, 0.6) is 0 Å². The maximum Gasteiger partial charge on any atom is 0.197 e. The zero-order chi connectivity index (χ0) is 14.3. The summed E-state index contributed by atoms with van der Waals surface area (Å²) in [6.07, 6.45) is 3.14. The van der Waals surface area contributed by atoms with Crippen LogP contribution in [0.2, 0.25) is 0 Å². The Kier molecular flexibility index (Phi) is 2.93. The summed E-state index contributed by atoms with van der Waals surface area (Å²) < 4.78 is 29.4. The lowest BCUT2D eigenvalue weighted by Gasteiger charge is -2.06. The summed E-state index contributed by atoms with van der Waals surface area (Å²) in [5.41, 5.74) is 1.48. The summed E-state index contributed by atoms with van der Waals surface area (Å²) in [5, 5.41) is 7.80. The van der Waals surface area contributed by atoms with Crippen LogP contribution in [0.4, 0.5) is 8.78 Å². The van der Waals surface area contributed by atoms with E-state index in [-0.39, 0.29) is 17.6 Å². The number of aromatic nitrogens is 4. The summed E-state index contributed by atoms with van der Waals surface area (Å²) in [7, 11) is 0. The van der Waals surface area contributed by atoms with E-state index in [0.717, 1.165) is 5.69 Å². The lowest BCUT2D eigenvalue weighted by molar-refractivity contribution is 0.553. The summed E-state index contributed by atoms with van der Waals surface area (Å²) in [5.74, 6) is -0.876. The lowest BCUT2D eigenvalue weighted by Crippen LogP contribution is -2.01. The van der Waals surface area contributed by atoms with E-state index in [4.69, 9.17) is 0 Å². The molecule has 0 atom stereocenters. The van der Waals surface area contributed by atoms with Crippen molar-refractivity contribution in [3.05, 3.63) is 47.4 Å². The van der Waals surface area contributed by atoms with Crippen LogP contribution >= 0.6 is 0 Å². The van der Waals surface area contributed by atoms with Gasteiger partial charge in [-0.1, -0.05) is 6.92 Å². The van der Waals surface area contributed by atoms with Crippen molar-refractivity contribution in [1.29, 1.82) is 0 Å². The molecule has 3 aromatic heterocycles. The van der Waals surface area contributed by atoms with Crippen LogP contribution in [0.3, 0.4) is 0 Å². The Balaban J connectivity index is 2.33. The molecule has 3 heterocycles. The van der Waals surface area contributed by atoms with Crippen molar-refractivity contribution < 1.29 is 8.78 Å². The predicted molar refractivity (Wildman–Crippen MR) is 70.2 cm³/mol. The normalized spacial score (nSPS) is 11.2. The molecule has 0 N–H and O–H groups in total. The zero-order valence-corrected chi connectivity index (χ0v) is 11.1. The highest BCUT2D eigenvalue weighted by atomic mass is 19.1. The van der Waals surface area contributed by atoms with Crippen molar-refractivity contribution in [3.8, 4) is 11.4 Å². The van der Waals surface area contributed by atoms with Crippen LogP contribution in [-0.2, 0) is 6.42 Å². The van der Waals surface area contributed by atoms with Gasteiger partial charge >= 0.3 is 0 Å². The molecule has 0 aliphatic rings. The molecule has 3 rings (SSSR count). The van der Waals surface area contributed by atoms with E-state index in [1.807, 2.05) is 6.92 Å². The van der Waals surface area contributed by atoms with E-state index < -0.39 is 11.6 Å². The Hall–Kier alpha value is -2.37. The minimum Gasteiger partial charge on any atom is -0.277 e. The van der Waals surface area contributed by atoms with E-state index >= 15 is 0 Å². The highest BCUT2D eigenvalue weighted by molar-refractivity contribution is 5.62. The van der Waals surface area contributed by atoms with Gasteiger partial charge in [0.15, 0.2) is 17.3 Å². The van der Waals surface area contributed by atoms with Crippen molar-refractivity contribution in [2.24, 2.45) is 0 Å². The van der Waals surface area contributed by atoms with E-state index in [9.17, 15) is 8.78 Å². The summed E-state index contributed by atoms with van der Waals surface area (Å²) >= 11 is 0. The third-order valence-electron chi connectivity index (χ3n) is 3.29. The molecule has 0 fully saturated rings. The molecule has 20 heavy (non-hydrogen) atoms. The van der Waals surface area contributed by atoms with E-state index in [2.05, 4.69) is 15.2 Å². The quantitative estimate of drug-likeness (QED) is 0.721. The molecule has 0 aliphatic carbocycles. The van der Waals surface area contributed by atoms with Crippen LogP contribution in [-0.4, -0.2) is 19.6 Å². The second kappa shape index (κ2) is 4.63. The molecule has 6 heteroatoms. The van der Waals surface area contributed by atoms with Gasteiger partial charge in [0.05, 0.1) is 0 Å². The van der Waals surface area contributed by atoms with Crippen molar-refractivity contribution in [3.63, 3.8) is 0 Å². The molecule has 0 radical (unpaired) electrons. The molecule has 0 spiro atoms. The number of hydrogen-bond donors (Lipinski definition) is 0. The smallest absolute Gasteiger partial charge is 0.197 e. The third-order valence-corrected chi connectivity index (χ3v) is 3.29. The first-order valence-electron chi connectivity index (χ1n) is 6.27. The molecule has 0 aromatic carbocycles. The highest BCUT2D eigenvalue weighted by Crippen LogP contribution is 2.24. The highest BCUT2D eigenvalue weighted by Gasteiger charge is 2.18. The average molecular weight is 274 g/mol. The van der Waals surface area contributed by atoms with Gasteiger partial charge in [0, 0.05) is 29.2 Å². The van der Waals surface area contributed by atoms with Gasteiger partial charge in [-0.15, -0.1) is 10.2 Å². The second-order valence-electron chi connectivity index (χ2n) is 4.48. The fourth-order valence-corrected chi connectivity index (χ4v) is 2.22. The minimum absolute atomic E-state index is 0.0272. The molecule has 4 nitrogen and oxygen atoms in total. The van der Waals surface area contributed by atoms with Gasteiger partial charge in [-0.2, -0.15) is 0 Å². The standard InChI is InChI=1S/C14H12F2N4/c1-3-9-11(15)7-20-13(18-19-14(20)12(9)16)10-5-4-6-17-8(10)2/h4-7H,3H2,1-2H3. The van der Waals surface area contributed by atoms with Crippen LogP contribution in [0.25, 0.3) is 17.0 Å².